The zero-order valence-corrected chi connectivity index (χ0v) is 18.0. The molecule has 31 heavy (non-hydrogen) atoms. The van der Waals surface area contributed by atoms with E-state index >= 15 is 0 Å². The van der Waals surface area contributed by atoms with Crippen molar-refractivity contribution < 1.29 is 9.53 Å². The number of methoxy groups -OCH3 is 1. The summed E-state index contributed by atoms with van der Waals surface area (Å²) in [5.41, 5.74) is 7.19. The number of aromatic nitrogens is 2. The van der Waals surface area contributed by atoms with Gasteiger partial charge in [0.15, 0.2) is 0 Å². The minimum absolute atomic E-state index is 0.376. The number of pyridine rings is 1. The lowest BCUT2D eigenvalue weighted by molar-refractivity contribution is 0.0601. The Balaban J connectivity index is 1.56. The first-order chi connectivity index (χ1) is 15.0. The monoisotopic (exact) mass is 411 g/mol. The van der Waals surface area contributed by atoms with E-state index in [1.807, 2.05) is 18.3 Å². The highest BCUT2D eigenvalue weighted by Crippen LogP contribution is 2.41. The number of aryl methyl sites for hydroxylation is 2. The maximum Gasteiger partial charge on any atom is 0.341 e. The zero-order valence-electron chi connectivity index (χ0n) is 18.0. The molecule has 2 aromatic carbocycles. The van der Waals surface area contributed by atoms with Crippen LogP contribution in [0.3, 0.4) is 0 Å². The number of hydrogen-bond acceptors (Lipinski definition) is 4. The van der Waals surface area contributed by atoms with Crippen molar-refractivity contribution in [3.8, 4) is 11.1 Å². The Morgan fingerprint density at radius 2 is 2.00 bits per heavy atom. The van der Waals surface area contributed by atoms with Crippen LogP contribution in [0.15, 0.2) is 60.9 Å². The summed E-state index contributed by atoms with van der Waals surface area (Å²) in [6.45, 7) is 2.10. The molecule has 0 aliphatic heterocycles. The van der Waals surface area contributed by atoms with Crippen molar-refractivity contribution in [3.63, 3.8) is 0 Å². The van der Waals surface area contributed by atoms with E-state index in [1.54, 1.807) is 0 Å². The quantitative estimate of drug-likeness (QED) is 0.412. The highest BCUT2D eigenvalue weighted by Gasteiger charge is 2.26. The molecule has 0 unspecified atom stereocenters. The summed E-state index contributed by atoms with van der Waals surface area (Å²) in [7, 11) is 3.46. The van der Waals surface area contributed by atoms with Crippen molar-refractivity contribution in [3.05, 3.63) is 77.6 Å². The summed E-state index contributed by atoms with van der Waals surface area (Å²) in [5.74, 6) is 0.657. The van der Waals surface area contributed by atoms with Crippen molar-refractivity contribution in [2.45, 2.75) is 25.7 Å². The first-order valence-corrected chi connectivity index (χ1v) is 10.5. The van der Waals surface area contributed by atoms with Gasteiger partial charge in [-0.15, -0.1) is 0 Å². The largest absolute Gasteiger partial charge is 0.465 e. The first kappa shape index (κ1) is 19.4. The minimum atomic E-state index is -0.376. The highest BCUT2D eigenvalue weighted by molar-refractivity contribution is 5.99. The smallest absolute Gasteiger partial charge is 0.341 e. The molecule has 1 fully saturated rings. The van der Waals surface area contributed by atoms with Gasteiger partial charge in [0, 0.05) is 41.6 Å². The molecular formula is C26H25N3O2. The number of carbonyl (C=O) groups excluding carboxylic acids is 1. The molecule has 5 nitrogen and oxygen atoms in total. The Morgan fingerprint density at radius 1 is 1.16 bits per heavy atom. The van der Waals surface area contributed by atoms with Gasteiger partial charge in [-0.05, 0) is 61.1 Å². The van der Waals surface area contributed by atoms with E-state index in [0.717, 1.165) is 35.0 Å². The summed E-state index contributed by atoms with van der Waals surface area (Å²) >= 11 is 0. The lowest BCUT2D eigenvalue weighted by Gasteiger charge is -2.12. The molecule has 1 N–H and O–H groups in total. The molecule has 1 saturated carbocycles. The fourth-order valence-electron chi connectivity index (χ4n) is 4.14. The number of esters is 1. The summed E-state index contributed by atoms with van der Waals surface area (Å²) in [5, 5.41) is 4.49. The highest BCUT2D eigenvalue weighted by atomic mass is 16.5. The molecule has 1 aliphatic rings. The average molecular weight is 412 g/mol. The van der Waals surface area contributed by atoms with E-state index in [4.69, 9.17) is 4.74 Å². The Hall–Kier alpha value is -3.60. The third-order valence-electron chi connectivity index (χ3n) is 5.94. The molecule has 4 aromatic rings. The van der Waals surface area contributed by atoms with Crippen molar-refractivity contribution in [1.29, 1.82) is 0 Å². The molecule has 0 radical (unpaired) electrons. The third kappa shape index (κ3) is 3.67. The van der Waals surface area contributed by atoms with E-state index < -0.39 is 0 Å². The number of nitrogens with zero attached hydrogens (tertiary/aromatic N) is 2. The van der Waals surface area contributed by atoms with E-state index in [-0.39, 0.29) is 5.97 Å². The number of rotatable bonds is 5. The lowest BCUT2D eigenvalue weighted by atomic mass is 10.0. The topological polar surface area (TPSA) is 56.1 Å². The van der Waals surface area contributed by atoms with Gasteiger partial charge in [-0.1, -0.05) is 29.8 Å². The number of carbonyl (C=O) groups is 1. The molecule has 0 spiro atoms. The molecule has 5 heteroatoms. The molecule has 0 atom stereocenters. The molecule has 5 rings (SSSR count). The average Bonchev–Trinajstić information content (AvgIpc) is 3.57. The van der Waals surface area contributed by atoms with E-state index in [0.29, 0.717) is 17.3 Å². The third-order valence-corrected chi connectivity index (χ3v) is 5.94. The van der Waals surface area contributed by atoms with Crippen LogP contribution >= 0.6 is 0 Å². The van der Waals surface area contributed by atoms with Gasteiger partial charge in [0.05, 0.1) is 7.11 Å². The molecule has 1 aliphatic carbocycles. The van der Waals surface area contributed by atoms with Crippen LogP contribution in [-0.4, -0.2) is 22.6 Å². The van der Waals surface area contributed by atoms with Gasteiger partial charge in [0.2, 0.25) is 0 Å². The van der Waals surface area contributed by atoms with Crippen LogP contribution in [0.25, 0.3) is 22.0 Å². The van der Waals surface area contributed by atoms with E-state index in [1.165, 1.54) is 23.8 Å². The molecule has 2 heterocycles. The van der Waals surface area contributed by atoms with Gasteiger partial charge in [0.1, 0.15) is 11.4 Å². The maximum atomic E-state index is 12.4. The Morgan fingerprint density at radius 3 is 2.74 bits per heavy atom. The predicted octanol–water partition coefficient (Wildman–Crippen LogP) is 5.96. The molecule has 156 valence electrons. The van der Waals surface area contributed by atoms with Crippen LogP contribution in [0.1, 0.15) is 40.2 Å². The Labute approximate surface area is 181 Å². The minimum Gasteiger partial charge on any atom is -0.465 e. The summed E-state index contributed by atoms with van der Waals surface area (Å²) < 4.78 is 7.15. The SMILES string of the molecule is COC(=O)c1cc(C2CC2)cnc1Nc1ccc2c(c1)c(-c1cccc(C)c1)cn2C. The zero-order chi connectivity index (χ0) is 21.5. The summed E-state index contributed by atoms with van der Waals surface area (Å²) in [6.07, 6.45) is 6.33. The second-order valence-corrected chi connectivity index (χ2v) is 8.31. The van der Waals surface area contributed by atoms with E-state index in [2.05, 4.69) is 71.4 Å². The van der Waals surface area contributed by atoms with Gasteiger partial charge >= 0.3 is 5.97 Å². The van der Waals surface area contributed by atoms with Crippen molar-refractivity contribution >= 4 is 28.4 Å². The number of hydrogen-bond donors (Lipinski definition) is 1. The molecule has 2 aromatic heterocycles. The van der Waals surface area contributed by atoms with Crippen LogP contribution in [0.2, 0.25) is 0 Å². The van der Waals surface area contributed by atoms with Crippen LogP contribution in [0.4, 0.5) is 11.5 Å². The Bertz CT molecular complexity index is 1300. The fraction of sp³-hybridized carbons (Fsp3) is 0.231. The second kappa shape index (κ2) is 7.58. The van der Waals surface area contributed by atoms with Gasteiger partial charge in [-0.25, -0.2) is 9.78 Å². The number of benzene rings is 2. The predicted molar refractivity (Wildman–Crippen MR) is 124 cm³/mol. The fourth-order valence-corrected chi connectivity index (χ4v) is 4.14. The molecule has 0 saturated heterocycles. The van der Waals surface area contributed by atoms with Gasteiger partial charge in [-0.2, -0.15) is 0 Å². The van der Waals surface area contributed by atoms with Crippen molar-refractivity contribution in [1.82, 2.24) is 9.55 Å². The normalized spacial score (nSPS) is 13.4. The summed E-state index contributed by atoms with van der Waals surface area (Å²) in [6, 6.07) is 16.7. The standard InChI is InChI=1S/C26H25N3O2/c1-16-5-4-6-18(11-16)23-15-29(2)24-10-9-20(13-21(23)24)28-25-22(26(30)31-3)12-19(14-27-25)17-7-8-17/h4-6,9-15,17H,7-8H2,1-3H3,(H,27,28). The number of anilines is 2. The van der Waals surface area contributed by atoms with Gasteiger partial charge in [-0.3, -0.25) is 0 Å². The van der Waals surface area contributed by atoms with Crippen LogP contribution in [-0.2, 0) is 11.8 Å². The number of ether oxygens (including phenoxy) is 1. The first-order valence-electron chi connectivity index (χ1n) is 10.5. The van der Waals surface area contributed by atoms with Crippen LogP contribution in [0, 0.1) is 6.92 Å². The number of nitrogens with one attached hydrogen (secondary N) is 1. The van der Waals surface area contributed by atoms with Crippen molar-refractivity contribution in [2.75, 3.05) is 12.4 Å². The van der Waals surface area contributed by atoms with Crippen molar-refractivity contribution in [2.24, 2.45) is 7.05 Å². The molecule has 0 bridgehead atoms. The maximum absolute atomic E-state index is 12.4. The molecular weight excluding hydrogens is 386 g/mol. The van der Waals surface area contributed by atoms with Crippen LogP contribution in [0.5, 0.6) is 0 Å². The Kier molecular flexibility index (Phi) is 4.74. The number of fused-ring (bicyclic) bond motifs is 1. The molecule has 0 amide bonds. The van der Waals surface area contributed by atoms with Gasteiger partial charge < -0.3 is 14.6 Å². The lowest BCUT2D eigenvalue weighted by Crippen LogP contribution is -2.08. The second-order valence-electron chi connectivity index (χ2n) is 8.31. The van der Waals surface area contributed by atoms with E-state index in [9.17, 15) is 4.79 Å². The van der Waals surface area contributed by atoms with Gasteiger partial charge in [0.25, 0.3) is 0 Å². The van der Waals surface area contributed by atoms with Crippen LogP contribution < -0.4 is 5.32 Å². The summed E-state index contributed by atoms with van der Waals surface area (Å²) in [4.78, 5) is 17.0.